The average Bonchev–Trinajstić information content (AvgIpc) is 3.56. The molecule has 0 aromatic heterocycles. The molecule has 0 aromatic carbocycles. The number of ether oxygens (including phenoxy) is 5. The fraction of sp³-hybridized carbons (Fsp3) is 0.966. The van der Waals surface area contributed by atoms with Gasteiger partial charge in [-0.3, -0.25) is 0 Å². The number of nitrogens with zero attached hydrogens (tertiary/aromatic N) is 1. The maximum atomic E-state index is 12.2. The van der Waals surface area contributed by atoms with Gasteiger partial charge in [0, 0.05) is 33.3 Å². The van der Waals surface area contributed by atoms with Crippen molar-refractivity contribution in [2.24, 2.45) is 0 Å². The lowest BCUT2D eigenvalue weighted by Gasteiger charge is -2.29. The number of unbranched alkanes of at least 4 members (excludes halogenated alkanes) is 9. The molecule has 0 radical (unpaired) electrons. The van der Waals surface area contributed by atoms with Crippen LogP contribution in [0.5, 0.6) is 0 Å². The highest BCUT2D eigenvalue weighted by atomic mass is 16.9. The van der Waals surface area contributed by atoms with Gasteiger partial charge in [0.15, 0.2) is 18.0 Å². The van der Waals surface area contributed by atoms with Gasteiger partial charge in [0.25, 0.3) is 0 Å². The SMILES string of the molecule is CCCCCCCCCCCCOC[C@@]12O[C@@H](CNCCN3CCCC3)[C@@H](OC(=O)NC)[C@@H]1OC(C)(C)O2. The number of fused-ring (bicyclic) bond motifs is 1. The summed E-state index contributed by atoms with van der Waals surface area (Å²) in [4.78, 5) is 14.7. The molecule has 222 valence electrons. The van der Waals surface area contributed by atoms with Crippen LogP contribution in [0.3, 0.4) is 0 Å². The Kier molecular flexibility index (Phi) is 13.6. The molecule has 4 atom stereocenters. The van der Waals surface area contributed by atoms with Crippen LogP contribution in [-0.2, 0) is 23.7 Å². The van der Waals surface area contributed by atoms with Crippen LogP contribution in [0.2, 0.25) is 0 Å². The molecule has 2 N–H and O–H groups in total. The summed E-state index contributed by atoms with van der Waals surface area (Å²) in [6.07, 6.45) is 13.4. The van der Waals surface area contributed by atoms with Gasteiger partial charge in [-0.2, -0.15) is 0 Å². The number of likely N-dealkylation sites (tertiary alicyclic amines) is 1. The van der Waals surface area contributed by atoms with Crippen molar-refractivity contribution in [3.63, 3.8) is 0 Å². The van der Waals surface area contributed by atoms with Crippen LogP contribution in [0.15, 0.2) is 0 Å². The molecular weight excluding hydrogens is 486 g/mol. The average molecular weight is 542 g/mol. The Morgan fingerprint density at radius 3 is 2.29 bits per heavy atom. The summed E-state index contributed by atoms with van der Waals surface area (Å²) in [7, 11) is 1.56. The second-order valence-corrected chi connectivity index (χ2v) is 11.6. The highest BCUT2D eigenvalue weighted by Gasteiger charge is 2.66. The molecule has 0 aromatic rings. The van der Waals surface area contributed by atoms with Gasteiger partial charge >= 0.3 is 6.09 Å². The molecule has 3 rings (SSSR count). The van der Waals surface area contributed by atoms with Gasteiger partial charge in [-0.25, -0.2) is 4.79 Å². The summed E-state index contributed by atoms with van der Waals surface area (Å²) in [5.74, 6) is -1.95. The topological polar surface area (TPSA) is 90.5 Å². The number of amides is 1. The molecule has 3 aliphatic heterocycles. The van der Waals surface area contributed by atoms with E-state index in [1.54, 1.807) is 7.05 Å². The third-order valence-corrected chi connectivity index (χ3v) is 7.82. The number of hydrogen-bond acceptors (Lipinski definition) is 8. The Labute approximate surface area is 231 Å². The van der Waals surface area contributed by atoms with Gasteiger partial charge in [-0.15, -0.1) is 0 Å². The first-order valence-corrected chi connectivity index (χ1v) is 15.3. The minimum atomic E-state index is -1.10. The van der Waals surface area contributed by atoms with Crippen molar-refractivity contribution in [2.45, 2.75) is 128 Å². The first-order chi connectivity index (χ1) is 18.4. The Balaban J connectivity index is 1.44. The number of nitrogens with one attached hydrogen (secondary N) is 2. The number of hydrogen-bond donors (Lipinski definition) is 2. The van der Waals surface area contributed by atoms with Crippen LogP contribution in [-0.4, -0.2) is 93.9 Å². The normalized spacial score (nSPS) is 28.6. The first-order valence-electron chi connectivity index (χ1n) is 15.3. The van der Waals surface area contributed by atoms with Crippen LogP contribution >= 0.6 is 0 Å². The minimum Gasteiger partial charge on any atom is -0.440 e. The molecule has 3 aliphatic rings. The van der Waals surface area contributed by atoms with Crippen LogP contribution in [0.25, 0.3) is 0 Å². The smallest absolute Gasteiger partial charge is 0.407 e. The molecule has 3 heterocycles. The van der Waals surface area contributed by atoms with Gasteiger partial charge in [0.2, 0.25) is 5.79 Å². The molecule has 9 nitrogen and oxygen atoms in total. The Morgan fingerprint density at radius 1 is 0.974 bits per heavy atom. The summed E-state index contributed by atoms with van der Waals surface area (Å²) in [5.41, 5.74) is 0. The predicted octanol–water partition coefficient (Wildman–Crippen LogP) is 4.58. The van der Waals surface area contributed by atoms with Gasteiger partial charge in [0.1, 0.15) is 12.7 Å². The zero-order valence-electron chi connectivity index (χ0n) is 24.6. The summed E-state index contributed by atoms with van der Waals surface area (Å²) >= 11 is 0. The lowest BCUT2D eigenvalue weighted by atomic mass is 10.1. The van der Waals surface area contributed by atoms with Crippen molar-refractivity contribution in [1.82, 2.24) is 15.5 Å². The number of carbonyl (C=O) groups excluding carboxylic acids is 1. The van der Waals surface area contributed by atoms with E-state index in [9.17, 15) is 4.79 Å². The monoisotopic (exact) mass is 541 g/mol. The van der Waals surface area contributed by atoms with Crippen molar-refractivity contribution in [1.29, 1.82) is 0 Å². The molecule has 0 aliphatic carbocycles. The van der Waals surface area contributed by atoms with E-state index in [4.69, 9.17) is 23.7 Å². The standard InChI is InChI=1S/C29H55N3O6/c1-5-6-7-8-9-10-11-12-13-16-21-34-23-29-26(37-28(2,3)38-29)25(35-27(33)30-4)24(36-29)22-31-17-20-32-18-14-15-19-32/h24-26,31H,5-23H2,1-4H3,(H,30,33)/t24-,25+,26-,29-/m0/s1. The fourth-order valence-corrected chi connectivity index (χ4v) is 5.84. The number of rotatable bonds is 19. The molecule has 3 fully saturated rings. The Morgan fingerprint density at radius 2 is 1.63 bits per heavy atom. The van der Waals surface area contributed by atoms with Gasteiger partial charge in [-0.05, 0) is 46.2 Å². The number of alkyl carbamates (subject to hydrolysis) is 1. The highest BCUT2D eigenvalue weighted by Crippen LogP contribution is 2.46. The van der Waals surface area contributed by atoms with Gasteiger partial charge in [0.05, 0.1) is 0 Å². The fourth-order valence-electron chi connectivity index (χ4n) is 5.84. The maximum absolute atomic E-state index is 12.2. The molecule has 0 unspecified atom stereocenters. The molecule has 0 spiro atoms. The molecule has 0 bridgehead atoms. The Hall–Kier alpha value is -0.970. The largest absolute Gasteiger partial charge is 0.440 e. The summed E-state index contributed by atoms with van der Waals surface area (Å²) < 4.78 is 30.9. The van der Waals surface area contributed by atoms with E-state index < -0.39 is 36.0 Å². The zero-order chi connectivity index (χ0) is 27.3. The third-order valence-electron chi connectivity index (χ3n) is 7.82. The van der Waals surface area contributed by atoms with Crippen LogP contribution in [0.1, 0.15) is 97.8 Å². The van der Waals surface area contributed by atoms with Crippen molar-refractivity contribution in [2.75, 3.05) is 53.0 Å². The predicted molar refractivity (Wildman–Crippen MR) is 148 cm³/mol. The van der Waals surface area contributed by atoms with Crippen LogP contribution < -0.4 is 10.6 Å². The van der Waals surface area contributed by atoms with E-state index in [0.29, 0.717) is 13.2 Å². The summed E-state index contributed by atoms with van der Waals surface area (Å²) in [6, 6.07) is 0. The molecular formula is C29H55N3O6. The highest BCUT2D eigenvalue weighted by molar-refractivity contribution is 5.67. The molecule has 0 saturated carbocycles. The van der Waals surface area contributed by atoms with Gasteiger partial charge < -0.3 is 39.2 Å². The van der Waals surface area contributed by atoms with Crippen molar-refractivity contribution in [3.8, 4) is 0 Å². The molecule has 3 saturated heterocycles. The van der Waals surface area contributed by atoms with E-state index in [-0.39, 0.29) is 6.61 Å². The van der Waals surface area contributed by atoms with Crippen LogP contribution in [0.4, 0.5) is 4.79 Å². The third kappa shape index (κ3) is 9.89. The van der Waals surface area contributed by atoms with E-state index in [1.165, 1.54) is 83.7 Å². The maximum Gasteiger partial charge on any atom is 0.407 e. The number of carbonyl (C=O) groups is 1. The quantitative estimate of drug-likeness (QED) is 0.230. The first kappa shape index (κ1) is 31.6. The van der Waals surface area contributed by atoms with Gasteiger partial charge in [-0.1, -0.05) is 64.7 Å². The van der Waals surface area contributed by atoms with Crippen molar-refractivity contribution < 1.29 is 28.5 Å². The lowest BCUT2D eigenvalue weighted by molar-refractivity contribution is -0.277. The second kappa shape index (κ2) is 16.3. The zero-order valence-corrected chi connectivity index (χ0v) is 24.6. The second-order valence-electron chi connectivity index (χ2n) is 11.6. The minimum absolute atomic E-state index is 0.246. The summed E-state index contributed by atoms with van der Waals surface area (Å²) in [6.45, 7) is 11.6. The van der Waals surface area contributed by atoms with E-state index in [1.807, 2.05) is 13.8 Å². The molecule has 38 heavy (non-hydrogen) atoms. The summed E-state index contributed by atoms with van der Waals surface area (Å²) in [5, 5.41) is 6.04. The van der Waals surface area contributed by atoms with E-state index in [0.717, 1.165) is 19.5 Å². The van der Waals surface area contributed by atoms with E-state index >= 15 is 0 Å². The van der Waals surface area contributed by atoms with Crippen LogP contribution in [0, 0.1) is 0 Å². The Bertz CT molecular complexity index is 675. The molecule has 1 amide bonds. The van der Waals surface area contributed by atoms with Crippen molar-refractivity contribution in [3.05, 3.63) is 0 Å². The van der Waals surface area contributed by atoms with Crippen molar-refractivity contribution >= 4 is 6.09 Å². The lowest BCUT2D eigenvalue weighted by Crippen LogP contribution is -2.46. The van der Waals surface area contributed by atoms with E-state index in [2.05, 4.69) is 22.5 Å². The molecule has 9 heteroatoms.